The Labute approximate surface area is 207 Å². The van der Waals surface area contributed by atoms with Gasteiger partial charge in [0.1, 0.15) is 5.00 Å². The lowest BCUT2D eigenvalue weighted by atomic mass is 9.87. The number of ether oxygens (including phenoxy) is 1. The van der Waals surface area contributed by atoms with Gasteiger partial charge < -0.3 is 10.1 Å². The molecule has 180 valence electrons. The second-order valence-corrected chi connectivity index (χ2v) is 10.3. The number of amides is 3. The van der Waals surface area contributed by atoms with E-state index in [9.17, 15) is 19.2 Å². The van der Waals surface area contributed by atoms with Crippen molar-refractivity contribution in [2.45, 2.75) is 39.7 Å². The van der Waals surface area contributed by atoms with Crippen LogP contribution in [0.15, 0.2) is 54.6 Å². The highest BCUT2D eigenvalue weighted by Crippen LogP contribution is 2.33. The van der Waals surface area contributed by atoms with Crippen molar-refractivity contribution in [3.8, 4) is 0 Å². The summed E-state index contributed by atoms with van der Waals surface area (Å²) >= 11 is 1.13. The van der Waals surface area contributed by atoms with Gasteiger partial charge in [-0.3, -0.25) is 19.3 Å². The number of fused-ring (bicyclic) bond motifs is 1. The van der Waals surface area contributed by atoms with Crippen molar-refractivity contribution < 1.29 is 23.9 Å². The predicted octanol–water partition coefficient (Wildman–Crippen LogP) is 5.27. The van der Waals surface area contributed by atoms with E-state index < -0.39 is 5.97 Å². The van der Waals surface area contributed by atoms with Gasteiger partial charge in [-0.15, -0.1) is 11.3 Å². The second-order valence-electron chi connectivity index (χ2n) is 9.20. The smallest absolute Gasteiger partial charge is 0.341 e. The summed E-state index contributed by atoms with van der Waals surface area (Å²) in [5.41, 5.74) is 2.39. The summed E-state index contributed by atoms with van der Waals surface area (Å²) in [6.45, 7) is 8.13. The van der Waals surface area contributed by atoms with Crippen LogP contribution in [0.2, 0.25) is 0 Å². The Morgan fingerprint density at radius 3 is 2.11 bits per heavy atom. The van der Waals surface area contributed by atoms with Crippen LogP contribution in [-0.4, -0.2) is 35.2 Å². The SMILES string of the molecule is CCOC(=O)c1cc(CN2C(=O)c3ccccc3C2=O)sc1NC(=O)c1ccc(C(C)(C)C)cc1. The maximum absolute atomic E-state index is 12.9. The van der Waals surface area contributed by atoms with Crippen molar-refractivity contribution in [2.75, 3.05) is 11.9 Å². The molecule has 1 N–H and O–H groups in total. The first-order chi connectivity index (χ1) is 16.6. The van der Waals surface area contributed by atoms with Gasteiger partial charge >= 0.3 is 5.97 Å². The van der Waals surface area contributed by atoms with Gasteiger partial charge in [0.25, 0.3) is 17.7 Å². The van der Waals surface area contributed by atoms with Crippen molar-refractivity contribution >= 4 is 40.0 Å². The summed E-state index contributed by atoms with van der Waals surface area (Å²) < 4.78 is 5.15. The highest BCUT2D eigenvalue weighted by molar-refractivity contribution is 7.16. The maximum Gasteiger partial charge on any atom is 0.341 e. The molecule has 0 atom stereocenters. The maximum atomic E-state index is 12.9. The lowest BCUT2D eigenvalue weighted by molar-refractivity contribution is 0.0527. The molecule has 3 aromatic rings. The highest BCUT2D eigenvalue weighted by atomic mass is 32.1. The third-order valence-corrected chi connectivity index (χ3v) is 6.75. The average molecular weight is 491 g/mol. The molecule has 0 unspecified atom stereocenters. The van der Waals surface area contributed by atoms with Gasteiger partial charge in [-0.25, -0.2) is 4.79 Å². The van der Waals surface area contributed by atoms with E-state index in [1.807, 2.05) is 12.1 Å². The van der Waals surface area contributed by atoms with Crippen molar-refractivity contribution in [1.82, 2.24) is 4.90 Å². The Hall–Kier alpha value is -3.78. The van der Waals surface area contributed by atoms with Gasteiger partial charge in [0.2, 0.25) is 0 Å². The number of benzene rings is 2. The molecule has 1 aromatic heterocycles. The fraction of sp³-hybridized carbons (Fsp3) is 0.259. The summed E-state index contributed by atoms with van der Waals surface area (Å²) in [6, 6.07) is 15.5. The summed E-state index contributed by atoms with van der Waals surface area (Å²) in [6.07, 6.45) is 0. The normalized spacial score (nSPS) is 13.1. The molecule has 3 amide bonds. The van der Waals surface area contributed by atoms with Crippen LogP contribution in [0.4, 0.5) is 5.00 Å². The number of nitrogens with one attached hydrogen (secondary N) is 1. The van der Waals surface area contributed by atoms with Crippen molar-refractivity contribution in [3.05, 3.63) is 87.3 Å². The number of carbonyl (C=O) groups excluding carboxylic acids is 4. The molecule has 0 radical (unpaired) electrons. The van der Waals surface area contributed by atoms with E-state index in [1.165, 1.54) is 0 Å². The Bertz CT molecular complexity index is 1280. The predicted molar refractivity (Wildman–Crippen MR) is 134 cm³/mol. The molecule has 0 aliphatic carbocycles. The minimum Gasteiger partial charge on any atom is -0.462 e. The molecule has 0 spiro atoms. The molecule has 4 rings (SSSR count). The van der Waals surface area contributed by atoms with E-state index in [1.54, 1.807) is 49.4 Å². The van der Waals surface area contributed by atoms with E-state index in [4.69, 9.17) is 4.74 Å². The fourth-order valence-corrected chi connectivity index (χ4v) is 4.84. The summed E-state index contributed by atoms with van der Waals surface area (Å²) in [4.78, 5) is 52.7. The Morgan fingerprint density at radius 1 is 0.971 bits per heavy atom. The van der Waals surface area contributed by atoms with Crippen LogP contribution in [0.3, 0.4) is 0 Å². The van der Waals surface area contributed by atoms with Crippen LogP contribution in [0, 0.1) is 0 Å². The van der Waals surface area contributed by atoms with Crippen molar-refractivity contribution in [3.63, 3.8) is 0 Å². The van der Waals surface area contributed by atoms with Crippen LogP contribution < -0.4 is 5.32 Å². The first kappa shape index (κ1) is 24.3. The summed E-state index contributed by atoms with van der Waals surface area (Å²) in [5, 5.41) is 3.11. The topological polar surface area (TPSA) is 92.8 Å². The molecule has 0 saturated carbocycles. The lowest BCUT2D eigenvalue weighted by Gasteiger charge is -2.19. The van der Waals surface area contributed by atoms with E-state index in [0.29, 0.717) is 26.6 Å². The van der Waals surface area contributed by atoms with Crippen LogP contribution >= 0.6 is 11.3 Å². The average Bonchev–Trinajstić information content (AvgIpc) is 3.33. The Kier molecular flexibility index (Phi) is 6.58. The standard InChI is InChI=1S/C27H26N2O5S/c1-5-34-26(33)21-14-18(15-29-24(31)19-8-6-7-9-20(19)25(29)32)35-23(21)28-22(30)16-10-12-17(13-11-16)27(2,3)4/h6-14H,5,15H2,1-4H3,(H,28,30). The number of thiophene rings is 1. The second kappa shape index (κ2) is 9.46. The Morgan fingerprint density at radius 2 is 1.57 bits per heavy atom. The van der Waals surface area contributed by atoms with E-state index in [0.717, 1.165) is 21.8 Å². The zero-order chi connectivity index (χ0) is 25.3. The van der Waals surface area contributed by atoms with E-state index in [2.05, 4.69) is 26.1 Å². The first-order valence-corrected chi connectivity index (χ1v) is 12.1. The van der Waals surface area contributed by atoms with Crippen LogP contribution in [0.25, 0.3) is 0 Å². The monoisotopic (exact) mass is 490 g/mol. The van der Waals surface area contributed by atoms with Gasteiger partial charge in [0.05, 0.1) is 29.8 Å². The van der Waals surface area contributed by atoms with Gasteiger partial charge in [-0.1, -0.05) is 45.0 Å². The van der Waals surface area contributed by atoms with Crippen molar-refractivity contribution in [1.29, 1.82) is 0 Å². The highest BCUT2D eigenvalue weighted by Gasteiger charge is 2.35. The van der Waals surface area contributed by atoms with Gasteiger partial charge in [0.15, 0.2) is 0 Å². The summed E-state index contributed by atoms with van der Waals surface area (Å²) in [5.74, 6) is -1.73. The number of hydrogen-bond donors (Lipinski definition) is 1. The molecule has 0 fully saturated rings. The minimum absolute atomic E-state index is 0.0143. The number of nitrogens with zero attached hydrogens (tertiary/aromatic N) is 1. The van der Waals surface area contributed by atoms with E-state index >= 15 is 0 Å². The molecule has 0 saturated heterocycles. The third-order valence-electron chi connectivity index (χ3n) is 5.71. The molecule has 8 heteroatoms. The van der Waals surface area contributed by atoms with Crippen LogP contribution in [0.1, 0.15) is 79.6 Å². The number of anilines is 1. The molecule has 2 heterocycles. The number of carbonyl (C=O) groups is 4. The molecule has 0 bridgehead atoms. The largest absolute Gasteiger partial charge is 0.462 e. The lowest BCUT2D eigenvalue weighted by Crippen LogP contribution is -2.28. The quantitative estimate of drug-likeness (QED) is 0.375. The zero-order valence-electron chi connectivity index (χ0n) is 20.0. The molecular weight excluding hydrogens is 464 g/mol. The van der Waals surface area contributed by atoms with Gasteiger partial charge in [0, 0.05) is 10.4 Å². The fourth-order valence-electron chi connectivity index (χ4n) is 3.81. The number of hydrogen-bond acceptors (Lipinski definition) is 6. The van der Waals surface area contributed by atoms with Crippen LogP contribution in [0.5, 0.6) is 0 Å². The van der Waals surface area contributed by atoms with Crippen LogP contribution in [-0.2, 0) is 16.7 Å². The summed E-state index contributed by atoms with van der Waals surface area (Å²) in [7, 11) is 0. The molecule has 35 heavy (non-hydrogen) atoms. The van der Waals surface area contributed by atoms with Gasteiger partial charge in [-0.05, 0) is 48.2 Å². The molecule has 7 nitrogen and oxygen atoms in total. The number of imide groups is 1. The Balaban J connectivity index is 1.58. The first-order valence-electron chi connectivity index (χ1n) is 11.3. The van der Waals surface area contributed by atoms with Gasteiger partial charge in [-0.2, -0.15) is 0 Å². The number of rotatable bonds is 6. The molecule has 2 aromatic carbocycles. The third kappa shape index (κ3) is 4.88. The zero-order valence-corrected chi connectivity index (χ0v) is 20.8. The molecule has 1 aliphatic rings. The minimum atomic E-state index is -0.587. The van der Waals surface area contributed by atoms with Crippen molar-refractivity contribution in [2.24, 2.45) is 0 Å². The number of esters is 1. The molecular formula is C27H26N2O5S. The molecule has 1 aliphatic heterocycles. The van der Waals surface area contributed by atoms with E-state index in [-0.39, 0.29) is 41.9 Å².